The van der Waals surface area contributed by atoms with Crippen molar-refractivity contribution in [1.82, 2.24) is 4.98 Å². The number of rotatable bonds is 3. The Kier molecular flexibility index (Phi) is 3.73. The second-order valence-corrected chi connectivity index (χ2v) is 6.88. The quantitative estimate of drug-likeness (QED) is 0.753. The summed E-state index contributed by atoms with van der Waals surface area (Å²) < 4.78 is 7.17. The summed E-state index contributed by atoms with van der Waals surface area (Å²) in [4.78, 5) is 4.93. The van der Waals surface area contributed by atoms with Crippen LogP contribution in [-0.4, -0.2) is 17.2 Å². The first kappa shape index (κ1) is 14.5. The predicted molar refractivity (Wildman–Crippen MR) is 89.0 cm³/mol. The first-order valence-corrected chi connectivity index (χ1v) is 8.04. The van der Waals surface area contributed by atoms with E-state index >= 15 is 0 Å². The number of ether oxygens (including phenoxy) is 1. The number of nitrogens with zero attached hydrogens (tertiary/aromatic N) is 1. The van der Waals surface area contributed by atoms with Crippen LogP contribution in [0.2, 0.25) is 0 Å². The van der Waals surface area contributed by atoms with Gasteiger partial charge in [0.25, 0.3) is 0 Å². The van der Waals surface area contributed by atoms with Crippen molar-refractivity contribution in [2.75, 3.05) is 7.11 Å². The van der Waals surface area contributed by atoms with Gasteiger partial charge in [-0.25, -0.2) is 0 Å². The number of pyridine rings is 1. The van der Waals surface area contributed by atoms with Crippen molar-refractivity contribution in [2.45, 2.75) is 12.5 Å². The summed E-state index contributed by atoms with van der Waals surface area (Å²) in [6, 6.07) is 9.76. The molecule has 2 heterocycles. The minimum atomic E-state index is -1.07. The monoisotopic (exact) mass is 363 g/mol. The molecule has 0 saturated heterocycles. The van der Waals surface area contributed by atoms with Gasteiger partial charge in [-0.1, -0.05) is 0 Å². The summed E-state index contributed by atoms with van der Waals surface area (Å²) in [6.07, 6.45) is 3.38. The third kappa shape index (κ3) is 2.57. The Bertz CT molecular complexity index is 798. The molecule has 0 radical (unpaired) electrons. The Labute approximate surface area is 135 Å². The van der Waals surface area contributed by atoms with Crippen LogP contribution in [0.25, 0.3) is 10.1 Å². The first-order chi connectivity index (χ1) is 10.0. The largest absolute Gasteiger partial charge is 0.497 e. The minimum Gasteiger partial charge on any atom is -0.497 e. The molecule has 0 aliphatic rings. The third-order valence-electron chi connectivity index (χ3n) is 3.50. The number of methoxy groups -OCH3 is 1. The summed E-state index contributed by atoms with van der Waals surface area (Å²) in [5.41, 5.74) is -0.269. The van der Waals surface area contributed by atoms with E-state index in [1.807, 2.05) is 30.3 Å². The van der Waals surface area contributed by atoms with Crippen LogP contribution in [-0.2, 0) is 5.60 Å². The van der Waals surface area contributed by atoms with Crippen molar-refractivity contribution in [3.63, 3.8) is 0 Å². The number of halogens is 1. The summed E-state index contributed by atoms with van der Waals surface area (Å²) >= 11 is 5.04. The molecule has 21 heavy (non-hydrogen) atoms. The molecule has 0 saturated carbocycles. The van der Waals surface area contributed by atoms with E-state index in [9.17, 15) is 5.11 Å². The van der Waals surface area contributed by atoms with E-state index in [2.05, 4.69) is 20.9 Å². The average molecular weight is 364 g/mol. The molecule has 0 fully saturated rings. The Morgan fingerprint density at radius 3 is 2.81 bits per heavy atom. The van der Waals surface area contributed by atoms with Crippen molar-refractivity contribution < 1.29 is 9.84 Å². The summed E-state index contributed by atoms with van der Waals surface area (Å²) in [6.45, 7) is 1.80. The number of aliphatic hydroxyl groups is 1. The van der Waals surface area contributed by atoms with Gasteiger partial charge in [-0.2, -0.15) is 0 Å². The molecule has 0 amide bonds. The van der Waals surface area contributed by atoms with Crippen LogP contribution < -0.4 is 4.74 Å². The Hall–Kier alpha value is -1.43. The van der Waals surface area contributed by atoms with Crippen molar-refractivity contribution in [3.8, 4) is 5.75 Å². The minimum absolute atomic E-state index is 0.796. The highest BCUT2D eigenvalue weighted by molar-refractivity contribution is 9.10. The highest BCUT2D eigenvalue weighted by atomic mass is 79.9. The van der Waals surface area contributed by atoms with Gasteiger partial charge >= 0.3 is 0 Å². The number of thiophene rings is 1. The zero-order valence-electron chi connectivity index (χ0n) is 11.6. The SMILES string of the molecule is COc1ccc2sc(C(C)(O)c3ccncc3Br)cc2c1. The fourth-order valence-corrected chi connectivity index (χ4v) is 4.03. The maximum Gasteiger partial charge on any atom is 0.122 e. The lowest BCUT2D eigenvalue weighted by Gasteiger charge is -2.23. The van der Waals surface area contributed by atoms with Gasteiger partial charge in [0.2, 0.25) is 0 Å². The van der Waals surface area contributed by atoms with Crippen molar-refractivity contribution >= 4 is 37.4 Å². The summed E-state index contributed by atoms with van der Waals surface area (Å²) in [5, 5.41) is 12.1. The molecule has 0 bridgehead atoms. The molecule has 1 atom stereocenters. The molecule has 3 rings (SSSR count). The van der Waals surface area contributed by atoms with Crippen LogP contribution in [0.1, 0.15) is 17.4 Å². The van der Waals surface area contributed by atoms with Gasteiger partial charge in [0.05, 0.1) is 7.11 Å². The molecule has 1 N–H and O–H groups in total. The van der Waals surface area contributed by atoms with Gasteiger partial charge in [0, 0.05) is 32.0 Å². The van der Waals surface area contributed by atoms with Crippen LogP contribution in [0.4, 0.5) is 0 Å². The molecule has 0 aliphatic heterocycles. The molecule has 3 nitrogen and oxygen atoms in total. The molecule has 3 aromatic rings. The van der Waals surface area contributed by atoms with Gasteiger partial charge < -0.3 is 9.84 Å². The molecule has 5 heteroatoms. The van der Waals surface area contributed by atoms with Crippen molar-refractivity contribution in [3.05, 3.63) is 57.6 Å². The number of aromatic nitrogens is 1. The number of hydrogen-bond acceptors (Lipinski definition) is 4. The summed E-state index contributed by atoms with van der Waals surface area (Å²) in [5.74, 6) is 0.816. The van der Waals surface area contributed by atoms with E-state index in [4.69, 9.17) is 4.74 Å². The van der Waals surface area contributed by atoms with Gasteiger partial charge in [-0.05, 0) is 58.6 Å². The Morgan fingerprint density at radius 2 is 2.10 bits per heavy atom. The molecule has 0 aliphatic carbocycles. The normalized spacial score (nSPS) is 14.1. The van der Waals surface area contributed by atoms with E-state index in [-0.39, 0.29) is 0 Å². The van der Waals surface area contributed by atoms with E-state index in [0.29, 0.717) is 0 Å². The van der Waals surface area contributed by atoms with E-state index in [1.165, 1.54) is 0 Å². The Morgan fingerprint density at radius 1 is 1.29 bits per heavy atom. The van der Waals surface area contributed by atoms with Crippen LogP contribution in [0, 0.1) is 0 Å². The zero-order valence-corrected chi connectivity index (χ0v) is 14.0. The topological polar surface area (TPSA) is 42.4 Å². The second kappa shape index (κ2) is 5.40. The maximum absolute atomic E-state index is 11.0. The van der Waals surface area contributed by atoms with Gasteiger partial charge in [-0.3, -0.25) is 4.98 Å². The van der Waals surface area contributed by atoms with Crippen molar-refractivity contribution in [2.24, 2.45) is 0 Å². The van der Waals surface area contributed by atoms with Gasteiger partial charge in [0.15, 0.2) is 0 Å². The summed E-state index contributed by atoms with van der Waals surface area (Å²) in [7, 11) is 1.65. The fraction of sp³-hybridized carbons (Fsp3) is 0.188. The standard InChI is InChI=1S/C16H14BrNO2S/c1-16(19,12-5-6-18-9-13(12)17)15-8-10-7-11(20-2)3-4-14(10)21-15/h3-9,19H,1-2H3. The molecular weight excluding hydrogens is 350 g/mol. The molecule has 0 spiro atoms. The number of benzene rings is 1. The number of fused-ring (bicyclic) bond motifs is 1. The number of hydrogen-bond donors (Lipinski definition) is 1. The van der Waals surface area contributed by atoms with Crippen LogP contribution in [0.15, 0.2) is 47.2 Å². The van der Waals surface area contributed by atoms with Crippen LogP contribution >= 0.6 is 27.3 Å². The maximum atomic E-state index is 11.0. The molecular formula is C16H14BrNO2S. The lowest BCUT2D eigenvalue weighted by molar-refractivity contribution is 0.105. The lowest BCUT2D eigenvalue weighted by Crippen LogP contribution is -2.21. The average Bonchev–Trinajstić information content (AvgIpc) is 2.91. The Balaban J connectivity index is 2.12. The van der Waals surface area contributed by atoms with Crippen LogP contribution in [0.3, 0.4) is 0 Å². The van der Waals surface area contributed by atoms with Gasteiger partial charge in [0.1, 0.15) is 11.4 Å². The highest BCUT2D eigenvalue weighted by Crippen LogP contribution is 2.40. The van der Waals surface area contributed by atoms with E-state index in [0.717, 1.165) is 30.7 Å². The molecule has 108 valence electrons. The fourth-order valence-electron chi connectivity index (χ4n) is 2.29. The van der Waals surface area contributed by atoms with E-state index < -0.39 is 5.60 Å². The second-order valence-electron chi connectivity index (χ2n) is 4.94. The molecule has 1 unspecified atom stereocenters. The molecule has 1 aromatic carbocycles. The zero-order chi connectivity index (χ0) is 15.0. The predicted octanol–water partition coefficient (Wildman–Crippen LogP) is 4.32. The first-order valence-electron chi connectivity index (χ1n) is 6.43. The smallest absolute Gasteiger partial charge is 0.122 e. The third-order valence-corrected chi connectivity index (χ3v) is 5.46. The molecule has 2 aromatic heterocycles. The van der Waals surface area contributed by atoms with Gasteiger partial charge in [-0.15, -0.1) is 11.3 Å². The van der Waals surface area contributed by atoms with E-state index in [1.54, 1.807) is 37.8 Å². The lowest BCUT2D eigenvalue weighted by atomic mass is 9.95. The van der Waals surface area contributed by atoms with Crippen molar-refractivity contribution in [1.29, 1.82) is 0 Å². The van der Waals surface area contributed by atoms with Crippen LogP contribution in [0.5, 0.6) is 5.75 Å². The highest BCUT2D eigenvalue weighted by Gasteiger charge is 2.29.